The standard InChI is InChI=1S/C22H23ClN2O2/c1-2-27-22(26)25-12-9-15(10-13-25)20-19-8-7-18(23)14-17(19)6-5-16-4-3-11-24-21(16)20/h3-4,7-8,11,14H,2,5-6,9-10,12-13H2,1H3/i11D,12D2,13D2. The fourth-order valence-corrected chi connectivity index (χ4v) is 3.73. The van der Waals surface area contributed by atoms with Crippen LogP contribution >= 0.6 is 11.6 Å². The van der Waals surface area contributed by atoms with Gasteiger partial charge in [-0.2, -0.15) is 0 Å². The zero-order valence-electron chi connectivity index (χ0n) is 20.0. The lowest BCUT2D eigenvalue weighted by Crippen LogP contribution is -2.37. The number of likely N-dealkylation sites (tertiary alicyclic amines) is 1. The van der Waals surface area contributed by atoms with E-state index in [0.29, 0.717) is 39.6 Å². The molecule has 0 radical (unpaired) electrons. The van der Waals surface area contributed by atoms with Gasteiger partial charge in [0.15, 0.2) is 0 Å². The number of nitrogens with zero attached hydrogens (tertiary/aromatic N) is 2. The number of aryl methyl sites for hydroxylation is 2. The van der Waals surface area contributed by atoms with Crippen molar-refractivity contribution in [3.63, 3.8) is 0 Å². The van der Waals surface area contributed by atoms with E-state index in [1.54, 1.807) is 19.1 Å². The normalized spacial score (nSPS) is 22.9. The smallest absolute Gasteiger partial charge is 0.409 e. The summed E-state index contributed by atoms with van der Waals surface area (Å²) in [6.45, 7) is -3.01. The molecule has 1 aromatic carbocycles. The number of aromatic nitrogens is 1. The third-order valence-corrected chi connectivity index (χ3v) is 5.02. The molecule has 140 valence electrons. The van der Waals surface area contributed by atoms with E-state index < -0.39 is 19.1 Å². The van der Waals surface area contributed by atoms with Crippen LogP contribution in [0.1, 0.15) is 49.0 Å². The molecule has 0 bridgehead atoms. The fourth-order valence-electron chi connectivity index (χ4n) is 3.54. The van der Waals surface area contributed by atoms with Crippen molar-refractivity contribution in [2.75, 3.05) is 19.6 Å². The van der Waals surface area contributed by atoms with Crippen molar-refractivity contribution in [2.24, 2.45) is 0 Å². The summed E-state index contributed by atoms with van der Waals surface area (Å²) in [6.07, 6.45) is 0.00775. The van der Waals surface area contributed by atoms with Crippen LogP contribution in [0.15, 0.2) is 42.1 Å². The van der Waals surface area contributed by atoms with Crippen LogP contribution in [0.25, 0.3) is 5.57 Å². The zero-order valence-corrected chi connectivity index (χ0v) is 15.8. The predicted octanol–water partition coefficient (Wildman–Crippen LogP) is 4.89. The SMILES string of the molecule is [2H]c1ccc2c(n1)C(=C1CC([2H])([2H])N(C(=O)OCC)C([2H])([2H])C1)c1ccc(Cl)cc1CC2. The van der Waals surface area contributed by atoms with Gasteiger partial charge in [-0.15, -0.1) is 0 Å². The van der Waals surface area contributed by atoms with Crippen LogP contribution in [0, 0.1) is 0 Å². The average Bonchev–Trinajstić information content (AvgIpc) is 2.82. The molecule has 4 rings (SSSR count). The van der Waals surface area contributed by atoms with Gasteiger partial charge in [0.2, 0.25) is 0 Å². The number of amides is 1. The summed E-state index contributed by atoms with van der Waals surface area (Å²) < 4.78 is 47.1. The Morgan fingerprint density at radius 2 is 2.04 bits per heavy atom. The second-order valence-corrected chi connectivity index (χ2v) is 6.87. The Morgan fingerprint density at radius 1 is 1.26 bits per heavy atom. The lowest BCUT2D eigenvalue weighted by atomic mass is 9.88. The first-order valence-corrected chi connectivity index (χ1v) is 9.36. The van der Waals surface area contributed by atoms with Crippen molar-refractivity contribution in [1.82, 2.24) is 9.88 Å². The largest absolute Gasteiger partial charge is 0.450 e. The first-order chi connectivity index (χ1) is 15.0. The third-order valence-electron chi connectivity index (χ3n) is 4.78. The molecule has 1 fully saturated rings. The molecule has 0 spiro atoms. The Bertz CT molecular complexity index is 1100. The van der Waals surface area contributed by atoms with Gasteiger partial charge in [-0.25, -0.2) is 4.79 Å². The minimum absolute atomic E-state index is 0.0210. The fraction of sp³-hybridized carbons (Fsp3) is 0.364. The summed E-state index contributed by atoms with van der Waals surface area (Å²) in [5.41, 5.74) is 4.35. The van der Waals surface area contributed by atoms with E-state index in [0.717, 1.165) is 16.7 Å². The van der Waals surface area contributed by atoms with Gasteiger partial charge in [-0.1, -0.05) is 29.3 Å². The number of halogens is 1. The molecule has 2 heterocycles. The van der Waals surface area contributed by atoms with E-state index in [2.05, 4.69) is 4.98 Å². The minimum Gasteiger partial charge on any atom is -0.450 e. The van der Waals surface area contributed by atoms with Gasteiger partial charge in [-0.05, 0) is 67.5 Å². The topological polar surface area (TPSA) is 42.4 Å². The number of pyridine rings is 1. The molecule has 5 heteroatoms. The Labute approximate surface area is 171 Å². The predicted molar refractivity (Wildman–Crippen MR) is 107 cm³/mol. The van der Waals surface area contributed by atoms with Crippen LogP contribution in [0.4, 0.5) is 4.79 Å². The van der Waals surface area contributed by atoms with E-state index in [-0.39, 0.29) is 25.6 Å². The molecule has 4 nitrogen and oxygen atoms in total. The van der Waals surface area contributed by atoms with E-state index in [4.69, 9.17) is 23.2 Å². The van der Waals surface area contributed by atoms with Gasteiger partial charge in [0, 0.05) is 35.2 Å². The van der Waals surface area contributed by atoms with Gasteiger partial charge < -0.3 is 9.64 Å². The second-order valence-electron chi connectivity index (χ2n) is 6.43. The van der Waals surface area contributed by atoms with Crippen LogP contribution in [-0.2, 0) is 17.6 Å². The number of carbonyl (C=O) groups excluding carboxylic acids is 1. The van der Waals surface area contributed by atoms with Crippen molar-refractivity contribution in [3.8, 4) is 0 Å². The highest BCUT2D eigenvalue weighted by Gasteiger charge is 2.26. The van der Waals surface area contributed by atoms with Crippen molar-refractivity contribution in [1.29, 1.82) is 0 Å². The maximum absolute atomic E-state index is 12.4. The summed E-state index contributed by atoms with van der Waals surface area (Å²) in [4.78, 5) is 17.4. The second kappa shape index (κ2) is 7.73. The Hall–Kier alpha value is -2.33. The van der Waals surface area contributed by atoms with E-state index in [1.807, 2.05) is 18.2 Å². The number of ether oxygens (including phenoxy) is 1. The average molecular weight is 388 g/mol. The summed E-state index contributed by atoms with van der Waals surface area (Å²) in [5.74, 6) is 0. The molecule has 0 N–H and O–H groups in total. The first-order valence-electron chi connectivity index (χ1n) is 11.5. The van der Waals surface area contributed by atoms with Gasteiger partial charge in [0.05, 0.1) is 13.7 Å². The third kappa shape index (κ3) is 3.59. The number of benzene rings is 1. The molecule has 1 amide bonds. The quantitative estimate of drug-likeness (QED) is 0.699. The van der Waals surface area contributed by atoms with Gasteiger partial charge in [0.25, 0.3) is 0 Å². The van der Waals surface area contributed by atoms with Crippen LogP contribution in [-0.4, -0.2) is 35.6 Å². The molecule has 1 aromatic heterocycles. The van der Waals surface area contributed by atoms with Crippen LogP contribution in [0.2, 0.25) is 5.02 Å². The van der Waals surface area contributed by atoms with Gasteiger partial charge in [0.1, 0.15) is 0 Å². The van der Waals surface area contributed by atoms with Crippen molar-refractivity contribution >= 4 is 23.3 Å². The van der Waals surface area contributed by atoms with Gasteiger partial charge in [-0.3, -0.25) is 4.98 Å². The van der Waals surface area contributed by atoms with E-state index in [1.165, 1.54) is 0 Å². The monoisotopic (exact) mass is 387 g/mol. The molecular formula is C22H23ClN2O2. The minimum atomic E-state index is -2.31. The first kappa shape index (κ1) is 12.9. The lowest BCUT2D eigenvalue weighted by molar-refractivity contribution is 0.104. The highest BCUT2D eigenvalue weighted by atomic mass is 35.5. The summed E-state index contributed by atoms with van der Waals surface area (Å²) >= 11 is 6.23. The van der Waals surface area contributed by atoms with Crippen molar-refractivity contribution < 1.29 is 16.4 Å². The zero-order chi connectivity index (χ0) is 23.3. The van der Waals surface area contributed by atoms with Crippen molar-refractivity contribution in [2.45, 2.75) is 32.6 Å². The number of carbonyl (C=O) groups is 1. The van der Waals surface area contributed by atoms with Crippen molar-refractivity contribution in [3.05, 3.63) is 69.5 Å². The van der Waals surface area contributed by atoms with Crippen LogP contribution in [0.3, 0.4) is 0 Å². The Morgan fingerprint density at radius 3 is 2.81 bits per heavy atom. The van der Waals surface area contributed by atoms with Crippen LogP contribution < -0.4 is 0 Å². The summed E-state index contributed by atoms with van der Waals surface area (Å²) in [6, 6.07) is 8.91. The summed E-state index contributed by atoms with van der Waals surface area (Å²) in [5, 5.41) is 0.580. The lowest BCUT2D eigenvalue weighted by Gasteiger charge is -2.29. The van der Waals surface area contributed by atoms with E-state index in [9.17, 15) is 4.79 Å². The molecule has 0 atom stereocenters. The Kier molecular flexibility index (Phi) is 3.71. The number of fused-ring (bicyclic) bond motifs is 2. The number of hydrogen-bond donors (Lipinski definition) is 0. The molecule has 2 aromatic rings. The molecule has 27 heavy (non-hydrogen) atoms. The molecular weight excluding hydrogens is 360 g/mol. The summed E-state index contributed by atoms with van der Waals surface area (Å²) in [7, 11) is 0. The van der Waals surface area contributed by atoms with Gasteiger partial charge >= 0.3 is 6.09 Å². The number of hydrogen-bond acceptors (Lipinski definition) is 3. The maximum Gasteiger partial charge on any atom is 0.409 e. The van der Waals surface area contributed by atoms with E-state index >= 15 is 0 Å². The molecule has 1 aliphatic carbocycles. The molecule has 0 unspecified atom stereocenters. The number of piperidine rings is 1. The highest BCUT2D eigenvalue weighted by molar-refractivity contribution is 6.30. The molecule has 1 aliphatic heterocycles. The highest BCUT2D eigenvalue weighted by Crippen LogP contribution is 2.38. The molecule has 1 saturated heterocycles. The Balaban J connectivity index is 1.95. The molecule has 2 aliphatic rings. The molecule has 0 saturated carbocycles. The van der Waals surface area contributed by atoms with Crippen LogP contribution in [0.5, 0.6) is 0 Å². The maximum atomic E-state index is 12.4. The number of rotatable bonds is 1.